The quantitative estimate of drug-likeness (QED) is 0.711. The maximum absolute atomic E-state index is 12.8. The summed E-state index contributed by atoms with van der Waals surface area (Å²) in [7, 11) is -3.60. The van der Waals surface area contributed by atoms with E-state index in [2.05, 4.69) is 12.2 Å². The Morgan fingerprint density at radius 1 is 1.10 bits per heavy atom. The van der Waals surface area contributed by atoms with E-state index in [9.17, 15) is 18.0 Å². The zero-order valence-electron chi connectivity index (χ0n) is 17.9. The zero-order valence-corrected chi connectivity index (χ0v) is 18.7. The average Bonchev–Trinajstić information content (AvgIpc) is 3.54. The summed E-state index contributed by atoms with van der Waals surface area (Å²) in [6.07, 6.45) is 3.32. The number of hydrogen-bond acceptors (Lipinski definition) is 4. The van der Waals surface area contributed by atoms with Crippen LogP contribution < -0.4 is 10.2 Å². The van der Waals surface area contributed by atoms with Crippen LogP contribution in [0, 0.1) is 5.92 Å². The fraction of sp³-hybridized carbons (Fsp3) is 0.417. The predicted molar refractivity (Wildman–Crippen MR) is 121 cm³/mol. The minimum Gasteiger partial charge on any atom is -0.326 e. The molecule has 2 amide bonds. The van der Waals surface area contributed by atoms with E-state index in [0.29, 0.717) is 12.1 Å². The molecule has 0 spiro atoms. The van der Waals surface area contributed by atoms with Gasteiger partial charge in [-0.05, 0) is 74.1 Å². The maximum Gasteiger partial charge on any atom is 0.230 e. The standard InChI is InChI=1S/C24H28N2O4S/c1-3-17-4-8-20(9-5-17)25-23(27)12-13-31(29,30)21-10-11-22-19(15-21)14-16(2)26(22)24(28)18-6-7-18/h4-5,8-11,15-16,18H,3,6-7,12-14H2,1-2H3,(H,25,27). The van der Waals surface area contributed by atoms with Crippen molar-refractivity contribution in [2.24, 2.45) is 5.92 Å². The van der Waals surface area contributed by atoms with Gasteiger partial charge in [-0.25, -0.2) is 8.42 Å². The first kappa shape index (κ1) is 21.6. The van der Waals surface area contributed by atoms with E-state index in [1.165, 1.54) is 5.56 Å². The zero-order chi connectivity index (χ0) is 22.2. The highest BCUT2D eigenvalue weighted by molar-refractivity contribution is 7.91. The highest BCUT2D eigenvalue weighted by Gasteiger charge is 2.39. The van der Waals surface area contributed by atoms with E-state index in [-0.39, 0.29) is 40.8 Å². The van der Waals surface area contributed by atoms with Crippen LogP contribution in [0.4, 0.5) is 11.4 Å². The summed E-state index contributed by atoms with van der Waals surface area (Å²) < 4.78 is 25.7. The highest BCUT2D eigenvalue weighted by Crippen LogP contribution is 2.39. The summed E-state index contributed by atoms with van der Waals surface area (Å²) in [6, 6.07) is 12.5. The number of rotatable bonds is 7. The molecule has 2 aliphatic rings. The molecule has 0 saturated heterocycles. The van der Waals surface area contributed by atoms with Crippen molar-refractivity contribution >= 4 is 33.0 Å². The van der Waals surface area contributed by atoms with Crippen molar-refractivity contribution in [2.75, 3.05) is 16.0 Å². The topological polar surface area (TPSA) is 83.6 Å². The number of carbonyl (C=O) groups excluding carboxylic acids is 2. The predicted octanol–water partition coefficient (Wildman–Crippen LogP) is 3.74. The SMILES string of the molecule is CCc1ccc(NC(=O)CCS(=O)(=O)c2ccc3c(c2)CC(C)N3C(=O)C2CC2)cc1. The number of nitrogens with zero attached hydrogens (tertiary/aromatic N) is 1. The smallest absolute Gasteiger partial charge is 0.230 e. The van der Waals surface area contributed by atoms with Gasteiger partial charge in [-0.3, -0.25) is 9.59 Å². The molecule has 1 atom stereocenters. The van der Waals surface area contributed by atoms with Crippen LogP contribution in [0.1, 0.15) is 44.2 Å². The van der Waals surface area contributed by atoms with Gasteiger partial charge in [0, 0.05) is 29.8 Å². The lowest BCUT2D eigenvalue weighted by atomic mass is 10.1. The third-order valence-corrected chi connectivity index (χ3v) is 7.75. The number of aryl methyl sites for hydroxylation is 1. The van der Waals surface area contributed by atoms with Gasteiger partial charge < -0.3 is 10.2 Å². The molecule has 0 radical (unpaired) electrons. The van der Waals surface area contributed by atoms with Gasteiger partial charge >= 0.3 is 0 Å². The number of benzene rings is 2. The summed E-state index contributed by atoms with van der Waals surface area (Å²) in [5.74, 6) is -0.326. The van der Waals surface area contributed by atoms with Gasteiger partial charge in [-0.2, -0.15) is 0 Å². The summed E-state index contributed by atoms with van der Waals surface area (Å²) in [5, 5.41) is 2.75. The number of sulfone groups is 1. The highest BCUT2D eigenvalue weighted by atomic mass is 32.2. The van der Waals surface area contributed by atoms with Gasteiger partial charge in [0.15, 0.2) is 9.84 Å². The molecular weight excluding hydrogens is 412 g/mol. The molecular formula is C24H28N2O4S. The van der Waals surface area contributed by atoms with Crippen molar-refractivity contribution in [2.45, 2.75) is 56.9 Å². The average molecular weight is 441 g/mol. The Balaban J connectivity index is 1.41. The first-order valence-corrected chi connectivity index (χ1v) is 12.5. The van der Waals surface area contributed by atoms with E-state index in [1.807, 2.05) is 36.1 Å². The summed E-state index contributed by atoms with van der Waals surface area (Å²) in [6.45, 7) is 4.05. The van der Waals surface area contributed by atoms with Crippen LogP contribution in [0.15, 0.2) is 47.4 Å². The number of fused-ring (bicyclic) bond motifs is 1. The number of anilines is 2. The molecule has 1 N–H and O–H groups in total. The summed E-state index contributed by atoms with van der Waals surface area (Å²) in [5.41, 5.74) is 3.52. The van der Waals surface area contributed by atoms with E-state index < -0.39 is 9.84 Å². The molecule has 1 heterocycles. The second-order valence-corrected chi connectivity index (χ2v) is 10.6. The van der Waals surface area contributed by atoms with Gasteiger partial charge in [0.05, 0.1) is 10.6 Å². The fourth-order valence-electron chi connectivity index (χ4n) is 4.06. The van der Waals surface area contributed by atoms with Crippen molar-refractivity contribution in [3.05, 3.63) is 53.6 Å². The van der Waals surface area contributed by atoms with Crippen molar-refractivity contribution in [3.63, 3.8) is 0 Å². The molecule has 1 unspecified atom stereocenters. The van der Waals surface area contributed by atoms with Gasteiger partial charge in [-0.1, -0.05) is 19.1 Å². The molecule has 0 bridgehead atoms. The Bertz CT molecular complexity index is 1100. The van der Waals surface area contributed by atoms with E-state index >= 15 is 0 Å². The fourth-order valence-corrected chi connectivity index (χ4v) is 5.34. The van der Waals surface area contributed by atoms with Crippen molar-refractivity contribution in [1.29, 1.82) is 0 Å². The lowest BCUT2D eigenvalue weighted by Gasteiger charge is -2.22. The maximum atomic E-state index is 12.8. The monoisotopic (exact) mass is 440 g/mol. The number of nitrogens with one attached hydrogen (secondary N) is 1. The molecule has 6 nitrogen and oxygen atoms in total. The second-order valence-electron chi connectivity index (χ2n) is 8.49. The Hall–Kier alpha value is -2.67. The Kier molecular flexibility index (Phi) is 5.88. The van der Waals surface area contributed by atoms with E-state index in [0.717, 1.165) is 30.5 Å². The molecule has 2 aromatic carbocycles. The van der Waals surface area contributed by atoms with Gasteiger partial charge in [0.25, 0.3) is 0 Å². The van der Waals surface area contributed by atoms with Crippen LogP contribution in [-0.4, -0.2) is 32.0 Å². The Labute approximate surface area is 183 Å². The Morgan fingerprint density at radius 2 is 1.81 bits per heavy atom. The van der Waals surface area contributed by atoms with Crippen LogP contribution in [-0.2, 0) is 32.3 Å². The third-order valence-electron chi connectivity index (χ3n) is 6.03. The van der Waals surface area contributed by atoms with E-state index in [4.69, 9.17) is 0 Å². The molecule has 4 rings (SSSR count). The molecule has 31 heavy (non-hydrogen) atoms. The molecule has 2 aromatic rings. The number of carbonyl (C=O) groups is 2. The molecule has 164 valence electrons. The first-order valence-electron chi connectivity index (χ1n) is 10.9. The summed E-state index contributed by atoms with van der Waals surface area (Å²) in [4.78, 5) is 26.9. The minimum absolute atomic E-state index is 0.0333. The first-order chi connectivity index (χ1) is 14.8. The number of hydrogen-bond donors (Lipinski definition) is 1. The van der Waals surface area contributed by atoms with Crippen molar-refractivity contribution < 1.29 is 18.0 Å². The lowest BCUT2D eigenvalue weighted by Crippen LogP contribution is -2.36. The molecule has 1 aliphatic carbocycles. The molecule has 1 aliphatic heterocycles. The second kappa shape index (κ2) is 8.46. The van der Waals surface area contributed by atoms with Crippen LogP contribution in [0.25, 0.3) is 0 Å². The van der Waals surface area contributed by atoms with Gasteiger partial charge in [0.1, 0.15) is 0 Å². The van der Waals surface area contributed by atoms with Gasteiger partial charge in [0.2, 0.25) is 11.8 Å². The van der Waals surface area contributed by atoms with Crippen molar-refractivity contribution in [1.82, 2.24) is 0 Å². The largest absolute Gasteiger partial charge is 0.326 e. The van der Waals surface area contributed by atoms with E-state index in [1.54, 1.807) is 18.2 Å². The minimum atomic E-state index is -3.60. The lowest BCUT2D eigenvalue weighted by molar-refractivity contribution is -0.120. The molecule has 1 saturated carbocycles. The molecule has 7 heteroatoms. The summed E-state index contributed by atoms with van der Waals surface area (Å²) >= 11 is 0. The van der Waals surface area contributed by atoms with Gasteiger partial charge in [-0.15, -0.1) is 0 Å². The number of amides is 2. The van der Waals surface area contributed by atoms with Crippen LogP contribution in [0.2, 0.25) is 0 Å². The third kappa shape index (κ3) is 4.66. The van der Waals surface area contributed by atoms with Crippen LogP contribution in [0.5, 0.6) is 0 Å². The van der Waals surface area contributed by atoms with Crippen LogP contribution in [0.3, 0.4) is 0 Å². The molecule has 0 aromatic heterocycles. The molecule has 1 fully saturated rings. The normalized spacial score (nSPS) is 18.0. The van der Waals surface area contributed by atoms with Crippen LogP contribution >= 0.6 is 0 Å². The van der Waals surface area contributed by atoms with Crippen molar-refractivity contribution in [3.8, 4) is 0 Å². The Morgan fingerprint density at radius 3 is 2.45 bits per heavy atom.